The Balaban J connectivity index is 1.92. The number of hydrogen-bond donors (Lipinski definition) is 1. The predicted octanol–water partition coefficient (Wildman–Crippen LogP) is 2.41. The first-order valence-electron chi connectivity index (χ1n) is 6.23. The second-order valence-electron chi connectivity index (χ2n) is 4.47. The van der Waals surface area contributed by atoms with Crippen molar-refractivity contribution in [2.75, 3.05) is 32.2 Å². The zero-order valence-electron chi connectivity index (χ0n) is 10.6. The molecule has 0 aliphatic carbocycles. The first-order chi connectivity index (χ1) is 8.83. The molecule has 0 saturated carbocycles. The van der Waals surface area contributed by atoms with Crippen LogP contribution in [0.25, 0.3) is 0 Å². The summed E-state index contributed by atoms with van der Waals surface area (Å²) in [6.07, 6.45) is 2.22. The number of nitrogens with one attached hydrogen (secondary N) is 1. The average molecular weight is 246 g/mol. The fourth-order valence-corrected chi connectivity index (χ4v) is 2.12. The number of hydrogen-bond acceptors (Lipinski definition) is 4. The molecule has 1 saturated heterocycles. The molecule has 1 aliphatic rings. The lowest BCUT2D eigenvalue weighted by molar-refractivity contribution is 0.185. The summed E-state index contributed by atoms with van der Waals surface area (Å²) < 4.78 is 10.5. The van der Waals surface area contributed by atoms with Gasteiger partial charge in [-0.15, -0.1) is 0 Å². The van der Waals surface area contributed by atoms with Crippen LogP contribution in [-0.4, -0.2) is 26.9 Å². The molecule has 4 heteroatoms. The van der Waals surface area contributed by atoms with Crippen molar-refractivity contribution in [3.63, 3.8) is 0 Å². The third kappa shape index (κ3) is 3.14. The van der Waals surface area contributed by atoms with E-state index < -0.39 is 0 Å². The molecule has 0 amide bonds. The second kappa shape index (κ2) is 6.27. The van der Waals surface area contributed by atoms with Gasteiger partial charge < -0.3 is 14.8 Å². The normalized spacial score (nSPS) is 18.3. The van der Waals surface area contributed by atoms with Crippen molar-refractivity contribution in [1.29, 1.82) is 5.26 Å². The van der Waals surface area contributed by atoms with Crippen LogP contribution in [0.3, 0.4) is 0 Å². The lowest BCUT2D eigenvalue weighted by Crippen LogP contribution is -2.09. The number of anilines is 1. The van der Waals surface area contributed by atoms with E-state index in [1.54, 1.807) is 19.2 Å². The molecule has 1 aromatic carbocycles. The molecule has 0 bridgehead atoms. The first-order valence-corrected chi connectivity index (χ1v) is 6.23. The Hall–Kier alpha value is -1.73. The van der Waals surface area contributed by atoms with E-state index in [0.717, 1.165) is 44.0 Å². The zero-order valence-corrected chi connectivity index (χ0v) is 10.6. The molecule has 1 fully saturated rings. The van der Waals surface area contributed by atoms with Gasteiger partial charge >= 0.3 is 0 Å². The van der Waals surface area contributed by atoms with Crippen LogP contribution in [0, 0.1) is 17.2 Å². The van der Waals surface area contributed by atoms with Crippen molar-refractivity contribution in [3.05, 3.63) is 23.8 Å². The monoisotopic (exact) mass is 246 g/mol. The summed E-state index contributed by atoms with van der Waals surface area (Å²) in [4.78, 5) is 0. The average Bonchev–Trinajstić information content (AvgIpc) is 2.92. The van der Waals surface area contributed by atoms with E-state index in [0.29, 0.717) is 11.5 Å². The quantitative estimate of drug-likeness (QED) is 0.866. The molecule has 1 atom stereocenters. The highest BCUT2D eigenvalue weighted by Gasteiger charge is 2.15. The summed E-state index contributed by atoms with van der Waals surface area (Å²) in [5.41, 5.74) is 1.49. The number of ether oxygens (including phenoxy) is 2. The van der Waals surface area contributed by atoms with Crippen LogP contribution in [0.5, 0.6) is 5.75 Å². The number of nitriles is 1. The van der Waals surface area contributed by atoms with Crippen molar-refractivity contribution in [1.82, 2.24) is 0 Å². The Bertz CT molecular complexity index is 434. The minimum atomic E-state index is 0.647. The maximum Gasteiger partial charge on any atom is 0.121 e. The Morgan fingerprint density at radius 2 is 2.44 bits per heavy atom. The molecular weight excluding hydrogens is 228 g/mol. The standard InChI is InChI=1S/C14H18N2O2/c1-17-13-3-2-12(9-15)14(8-13)16-6-4-11-5-7-18-10-11/h2-3,8,11,16H,4-7,10H2,1H3. The van der Waals surface area contributed by atoms with Gasteiger partial charge in [-0.2, -0.15) is 5.26 Å². The summed E-state index contributed by atoms with van der Waals surface area (Å²) >= 11 is 0. The maximum absolute atomic E-state index is 9.04. The van der Waals surface area contributed by atoms with Crippen LogP contribution in [0.4, 0.5) is 5.69 Å². The highest BCUT2D eigenvalue weighted by molar-refractivity contribution is 5.60. The predicted molar refractivity (Wildman–Crippen MR) is 69.7 cm³/mol. The summed E-state index contributed by atoms with van der Waals surface area (Å²) in [7, 11) is 1.63. The van der Waals surface area contributed by atoms with Crippen molar-refractivity contribution < 1.29 is 9.47 Å². The molecule has 96 valence electrons. The van der Waals surface area contributed by atoms with E-state index in [1.165, 1.54) is 0 Å². The Morgan fingerprint density at radius 3 is 3.11 bits per heavy atom. The zero-order chi connectivity index (χ0) is 12.8. The molecular formula is C14H18N2O2. The SMILES string of the molecule is COc1ccc(C#N)c(NCCC2CCOC2)c1. The Morgan fingerprint density at radius 1 is 1.56 bits per heavy atom. The van der Waals surface area contributed by atoms with Crippen molar-refractivity contribution >= 4 is 5.69 Å². The Labute approximate surface area is 108 Å². The van der Waals surface area contributed by atoms with Crippen LogP contribution >= 0.6 is 0 Å². The van der Waals surface area contributed by atoms with Crippen LogP contribution in [0.15, 0.2) is 18.2 Å². The van der Waals surface area contributed by atoms with Crippen LogP contribution < -0.4 is 10.1 Å². The minimum absolute atomic E-state index is 0.647. The van der Waals surface area contributed by atoms with Crippen LogP contribution in [-0.2, 0) is 4.74 Å². The lowest BCUT2D eigenvalue weighted by atomic mass is 10.1. The van der Waals surface area contributed by atoms with Crippen LogP contribution in [0.2, 0.25) is 0 Å². The van der Waals surface area contributed by atoms with Gasteiger partial charge in [-0.1, -0.05) is 0 Å². The fraction of sp³-hybridized carbons (Fsp3) is 0.500. The number of rotatable bonds is 5. The van der Waals surface area contributed by atoms with E-state index >= 15 is 0 Å². The van der Waals surface area contributed by atoms with Gasteiger partial charge in [0.25, 0.3) is 0 Å². The summed E-state index contributed by atoms with van der Waals surface area (Å²) in [5, 5.41) is 12.3. The van der Waals surface area contributed by atoms with E-state index in [4.69, 9.17) is 14.7 Å². The van der Waals surface area contributed by atoms with Gasteiger partial charge in [0.15, 0.2) is 0 Å². The van der Waals surface area contributed by atoms with Gasteiger partial charge in [-0.3, -0.25) is 0 Å². The second-order valence-corrected chi connectivity index (χ2v) is 4.47. The van der Waals surface area contributed by atoms with Crippen molar-refractivity contribution in [3.8, 4) is 11.8 Å². The summed E-state index contributed by atoms with van der Waals surface area (Å²) in [6, 6.07) is 7.63. The van der Waals surface area contributed by atoms with Gasteiger partial charge in [0, 0.05) is 25.8 Å². The van der Waals surface area contributed by atoms with E-state index in [-0.39, 0.29) is 0 Å². The molecule has 4 nitrogen and oxygen atoms in total. The largest absolute Gasteiger partial charge is 0.497 e. The van der Waals surface area contributed by atoms with Crippen LogP contribution in [0.1, 0.15) is 18.4 Å². The number of methoxy groups -OCH3 is 1. The first kappa shape index (κ1) is 12.7. The number of nitrogens with zero attached hydrogens (tertiary/aromatic N) is 1. The lowest BCUT2D eigenvalue weighted by Gasteiger charge is -2.12. The van der Waals surface area contributed by atoms with Crippen molar-refractivity contribution in [2.24, 2.45) is 5.92 Å². The summed E-state index contributed by atoms with van der Waals surface area (Å²) in [5.74, 6) is 1.41. The smallest absolute Gasteiger partial charge is 0.121 e. The van der Waals surface area contributed by atoms with Gasteiger partial charge in [0.05, 0.1) is 18.4 Å². The topological polar surface area (TPSA) is 54.3 Å². The number of benzene rings is 1. The molecule has 1 heterocycles. The molecule has 1 aliphatic heterocycles. The van der Waals surface area contributed by atoms with E-state index in [2.05, 4.69) is 11.4 Å². The molecule has 2 rings (SSSR count). The minimum Gasteiger partial charge on any atom is -0.497 e. The van der Waals surface area contributed by atoms with Gasteiger partial charge in [-0.25, -0.2) is 0 Å². The van der Waals surface area contributed by atoms with Gasteiger partial charge in [0.2, 0.25) is 0 Å². The van der Waals surface area contributed by atoms with Gasteiger partial charge in [-0.05, 0) is 30.9 Å². The highest BCUT2D eigenvalue weighted by Crippen LogP contribution is 2.23. The molecule has 1 unspecified atom stereocenters. The molecule has 0 aromatic heterocycles. The van der Waals surface area contributed by atoms with Crippen molar-refractivity contribution in [2.45, 2.75) is 12.8 Å². The van der Waals surface area contributed by atoms with E-state index in [1.807, 2.05) is 6.07 Å². The highest BCUT2D eigenvalue weighted by atomic mass is 16.5. The molecule has 1 aromatic rings. The van der Waals surface area contributed by atoms with Gasteiger partial charge in [0.1, 0.15) is 11.8 Å². The molecule has 0 spiro atoms. The van der Waals surface area contributed by atoms with E-state index in [9.17, 15) is 0 Å². The molecule has 1 N–H and O–H groups in total. The summed E-state index contributed by atoms with van der Waals surface area (Å²) in [6.45, 7) is 2.61. The molecule has 0 radical (unpaired) electrons. The third-order valence-corrected chi connectivity index (χ3v) is 3.24. The Kier molecular flexibility index (Phi) is 4.43. The third-order valence-electron chi connectivity index (χ3n) is 3.24. The molecule has 18 heavy (non-hydrogen) atoms. The fourth-order valence-electron chi connectivity index (χ4n) is 2.12. The maximum atomic E-state index is 9.04.